The van der Waals surface area contributed by atoms with Gasteiger partial charge in [-0.1, -0.05) is 6.07 Å². The zero-order valence-electron chi connectivity index (χ0n) is 11.1. The summed E-state index contributed by atoms with van der Waals surface area (Å²) in [4.78, 5) is -1.53. The number of nitrogens with two attached hydrogens (primary N) is 1. The third kappa shape index (κ3) is 3.53. The summed E-state index contributed by atoms with van der Waals surface area (Å²) < 4.78 is 69.9. The first-order valence-corrected chi connectivity index (χ1v) is 9.52. The summed E-state index contributed by atoms with van der Waals surface area (Å²) in [6.07, 6.45) is 0. The molecule has 11 heteroatoms. The number of phenolic OH excluding ortho intramolecular Hbond substituents is 1. The van der Waals surface area contributed by atoms with Gasteiger partial charge in [-0.05, 0) is 34.1 Å². The normalized spacial score (nSPS) is 12.3. The van der Waals surface area contributed by atoms with Crippen LogP contribution >= 0.6 is 15.9 Å². The van der Waals surface area contributed by atoms with Crippen LogP contribution in [0.5, 0.6) is 5.75 Å². The Labute approximate surface area is 139 Å². The van der Waals surface area contributed by atoms with Crippen LogP contribution in [-0.2, 0) is 20.1 Å². The lowest BCUT2D eigenvalue weighted by Gasteiger charge is -2.14. The van der Waals surface area contributed by atoms with Gasteiger partial charge in [0, 0.05) is 21.7 Å². The van der Waals surface area contributed by atoms with Crippen molar-refractivity contribution >= 4 is 36.1 Å². The van der Waals surface area contributed by atoms with Gasteiger partial charge >= 0.3 is 0 Å². The molecule has 0 radical (unpaired) electrons. The van der Waals surface area contributed by atoms with Crippen LogP contribution in [0.4, 0.5) is 4.39 Å². The van der Waals surface area contributed by atoms with Crippen molar-refractivity contribution in [3.8, 4) is 16.9 Å². The third-order valence-electron chi connectivity index (χ3n) is 2.85. The molecule has 7 nitrogen and oxygen atoms in total. The van der Waals surface area contributed by atoms with Crippen molar-refractivity contribution in [2.45, 2.75) is 9.79 Å². The lowest BCUT2D eigenvalue weighted by atomic mass is 10.0. The van der Waals surface area contributed by atoms with E-state index >= 15 is 0 Å². The third-order valence-corrected chi connectivity index (χ3v) is 5.32. The van der Waals surface area contributed by atoms with Crippen LogP contribution < -0.4 is 5.14 Å². The molecule has 23 heavy (non-hydrogen) atoms. The molecule has 0 unspecified atom stereocenters. The minimum atomic E-state index is -4.88. The number of halogens is 2. The standard InChI is InChI=1S/C12H9BrFNO6S2/c13-7-4-6(16)5-8(14)11(7)12-9(22(15,17)18)2-1-3-10(12)23(19,20)21/h1-5,16H,(H2,15,17,18)(H,19,20,21). The molecule has 0 saturated carbocycles. The SMILES string of the molecule is NS(=O)(=O)c1cccc(S(=O)(=O)O)c1-c1c(F)cc(O)cc1Br. The van der Waals surface area contributed by atoms with Crippen molar-refractivity contribution < 1.29 is 30.9 Å². The molecule has 2 aromatic rings. The Balaban J connectivity index is 3.08. The van der Waals surface area contributed by atoms with Gasteiger partial charge in [-0.3, -0.25) is 4.55 Å². The van der Waals surface area contributed by atoms with E-state index in [-0.39, 0.29) is 4.47 Å². The van der Waals surface area contributed by atoms with Crippen LogP contribution in [0.1, 0.15) is 0 Å². The number of rotatable bonds is 3. The van der Waals surface area contributed by atoms with E-state index in [1.807, 2.05) is 0 Å². The van der Waals surface area contributed by atoms with E-state index in [1.54, 1.807) is 0 Å². The summed E-state index contributed by atoms with van der Waals surface area (Å²) >= 11 is 2.92. The second kappa shape index (κ2) is 5.83. The Morgan fingerprint density at radius 1 is 1.04 bits per heavy atom. The zero-order valence-corrected chi connectivity index (χ0v) is 14.3. The average molecular weight is 426 g/mol. The predicted octanol–water partition coefficient (Wildman–Crippen LogP) is 1.85. The molecule has 0 amide bonds. The van der Waals surface area contributed by atoms with Gasteiger partial charge in [0.15, 0.2) is 0 Å². The van der Waals surface area contributed by atoms with E-state index in [4.69, 9.17) is 5.14 Å². The van der Waals surface area contributed by atoms with Gasteiger partial charge in [0.05, 0.1) is 4.90 Å². The summed E-state index contributed by atoms with van der Waals surface area (Å²) in [5, 5.41) is 14.4. The maximum absolute atomic E-state index is 14.2. The van der Waals surface area contributed by atoms with Crippen molar-refractivity contribution in [3.63, 3.8) is 0 Å². The van der Waals surface area contributed by atoms with Crippen molar-refractivity contribution in [1.29, 1.82) is 0 Å². The molecular weight excluding hydrogens is 417 g/mol. The molecule has 0 aliphatic heterocycles. The molecule has 2 aromatic carbocycles. The molecule has 4 N–H and O–H groups in total. The highest BCUT2D eigenvalue weighted by atomic mass is 79.9. The lowest BCUT2D eigenvalue weighted by molar-refractivity contribution is 0.469. The van der Waals surface area contributed by atoms with E-state index in [1.165, 1.54) is 0 Å². The topological polar surface area (TPSA) is 135 Å². The van der Waals surface area contributed by atoms with Crippen molar-refractivity contribution in [2.75, 3.05) is 0 Å². The monoisotopic (exact) mass is 425 g/mol. The predicted molar refractivity (Wildman–Crippen MR) is 82.4 cm³/mol. The molecule has 0 saturated heterocycles. The van der Waals surface area contributed by atoms with Gasteiger partial charge in [-0.25, -0.2) is 17.9 Å². The fraction of sp³-hybridized carbons (Fsp3) is 0. The molecule has 0 aliphatic rings. The van der Waals surface area contributed by atoms with Gasteiger partial charge < -0.3 is 5.11 Å². The van der Waals surface area contributed by atoms with Gasteiger partial charge in [-0.15, -0.1) is 0 Å². The van der Waals surface area contributed by atoms with Crippen LogP contribution in [0.15, 0.2) is 44.6 Å². The molecule has 0 atom stereocenters. The first-order valence-electron chi connectivity index (χ1n) is 5.74. The summed E-state index contributed by atoms with van der Waals surface area (Å²) in [5.74, 6) is -1.59. The fourth-order valence-electron chi connectivity index (χ4n) is 2.01. The van der Waals surface area contributed by atoms with Crippen LogP contribution in [0.25, 0.3) is 11.1 Å². The summed E-state index contributed by atoms with van der Waals surface area (Å²) in [5.41, 5.74) is -1.12. The molecule has 0 spiro atoms. The first kappa shape index (κ1) is 17.8. The number of phenols is 1. The van der Waals surface area contributed by atoms with Crippen LogP contribution in [0, 0.1) is 5.82 Å². The first-order chi connectivity index (χ1) is 10.4. The summed E-state index contributed by atoms with van der Waals surface area (Å²) in [6.45, 7) is 0. The summed E-state index contributed by atoms with van der Waals surface area (Å²) in [7, 11) is -9.31. The number of aromatic hydroxyl groups is 1. The highest BCUT2D eigenvalue weighted by molar-refractivity contribution is 9.10. The molecule has 0 fully saturated rings. The van der Waals surface area contributed by atoms with E-state index in [0.29, 0.717) is 6.07 Å². The smallest absolute Gasteiger partial charge is 0.295 e. The van der Waals surface area contributed by atoms with Gasteiger partial charge in [0.25, 0.3) is 10.1 Å². The van der Waals surface area contributed by atoms with Gasteiger partial charge in [-0.2, -0.15) is 8.42 Å². The molecule has 2 rings (SSSR count). The second-order valence-electron chi connectivity index (χ2n) is 4.43. The number of primary sulfonamides is 1. The number of benzene rings is 2. The Kier molecular flexibility index (Phi) is 4.52. The Bertz CT molecular complexity index is 931. The number of hydrogen-bond acceptors (Lipinski definition) is 5. The Hall–Kier alpha value is -1.53. The lowest BCUT2D eigenvalue weighted by Crippen LogP contribution is -2.15. The second-order valence-corrected chi connectivity index (χ2v) is 8.21. The minimum absolute atomic E-state index is 0.129. The number of hydrogen-bond donors (Lipinski definition) is 3. The molecule has 124 valence electrons. The highest BCUT2D eigenvalue weighted by Crippen LogP contribution is 2.40. The highest BCUT2D eigenvalue weighted by Gasteiger charge is 2.28. The maximum Gasteiger partial charge on any atom is 0.295 e. The molecule has 0 aromatic heterocycles. The molecule has 0 heterocycles. The Morgan fingerprint density at radius 3 is 2.09 bits per heavy atom. The quantitative estimate of drug-likeness (QED) is 0.642. The average Bonchev–Trinajstić information content (AvgIpc) is 2.35. The largest absolute Gasteiger partial charge is 0.508 e. The van der Waals surface area contributed by atoms with E-state index in [9.17, 15) is 30.9 Å². The molecular formula is C12H9BrFNO6S2. The van der Waals surface area contributed by atoms with Gasteiger partial charge in [0.2, 0.25) is 10.0 Å². The molecule has 0 bridgehead atoms. The van der Waals surface area contributed by atoms with Crippen molar-refractivity contribution in [1.82, 2.24) is 0 Å². The van der Waals surface area contributed by atoms with Gasteiger partial charge in [0.1, 0.15) is 16.5 Å². The van der Waals surface area contributed by atoms with E-state index in [0.717, 1.165) is 24.3 Å². The van der Waals surface area contributed by atoms with E-state index in [2.05, 4.69) is 15.9 Å². The maximum atomic E-state index is 14.2. The van der Waals surface area contributed by atoms with Crippen LogP contribution in [-0.4, -0.2) is 26.5 Å². The number of sulfonamides is 1. The Morgan fingerprint density at radius 2 is 1.61 bits per heavy atom. The fourth-order valence-corrected chi connectivity index (χ4v) is 4.18. The van der Waals surface area contributed by atoms with Crippen LogP contribution in [0.2, 0.25) is 0 Å². The van der Waals surface area contributed by atoms with Crippen LogP contribution in [0.3, 0.4) is 0 Å². The minimum Gasteiger partial charge on any atom is -0.508 e. The summed E-state index contributed by atoms with van der Waals surface area (Å²) in [6, 6.07) is 4.61. The van der Waals surface area contributed by atoms with Crippen molar-refractivity contribution in [3.05, 3.63) is 40.6 Å². The van der Waals surface area contributed by atoms with E-state index < -0.39 is 52.6 Å². The van der Waals surface area contributed by atoms with Crippen molar-refractivity contribution in [2.24, 2.45) is 5.14 Å². The molecule has 0 aliphatic carbocycles. The zero-order chi connectivity index (χ0) is 17.6.